The number of aliphatic hydroxyl groups excluding tert-OH is 1. The quantitative estimate of drug-likeness (QED) is 0.807. The van der Waals surface area contributed by atoms with Gasteiger partial charge in [0.15, 0.2) is 0 Å². The molecule has 0 aromatic heterocycles. The summed E-state index contributed by atoms with van der Waals surface area (Å²) in [7, 11) is 0. The van der Waals surface area contributed by atoms with Crippen LogP contribution in [0.15, 0.2) is 24.3 Å². The molecule has 0 aliphatic carbocycles. The van der Waals surface area contributed by atoms with Crippen molar-refractivity contribution in [2.24, 2.45) is 0 Å². The van der Waals surface area contributed by atoms with Gasteiger partial charge in [-0.3, -0.25) is 0 Å². The van der Waals surface area contributed by atoms with Gasteiger partial charge in [0.1, 0.15) is 0 Å². The van der Waals surface area contributed by atoms with E-state index >= 15 is 0 Å². The number of nitrogens with one attached hydrogen (secondary N) is 1. The van der Waals surface area contributed by atoms with E-state index in [0.717, 1.165) is 30.8 Å². The van der Waals surface area contributed by atoms with Crippen LogP contribution in [-0.4, -0.2) is 23.8 Å². The molecule has 1 aliphatic heterocycles. The van der Waals surface area contributed by atoms with Crippen molar-refractivity contribution < 1.29 is 5.11 Å². The molecule has 3 heteroatoms. The fourth-order valence-electron chi connectivity index (χ4n) is 2.04. The summed E-state index contributed by atoms with van der Waals surface area (Å²) in [6, 6.07) is 8.32. The molecular formula is C12H16ClNO. The molecular weight excluding hydrogens is 210 g/mol. The predicted octanol–water partition coefficient (Wildman–Crippen LogP) is 2.00. The van der Waals surface area contributed by atoms with Gasteiger partial charge in [0.05, 0.1) is 6.10 Å². The van der Waals surface area contributed by atoms with Gasteiger partial charge in [0, 0.05) is 11.1 Å². The van der Waals surface area contributed by atoms with Crippen LogP contribution < -0.4 is 5.32 Å². The molecule has 0 saturated carbocycles. The van der Waals surface area contributed by atoms with Crippen molar-refractivity contribution in [3.63, 3.8) is 0 Å². The second-order valence-corrected chi connectivity index (χ2v) is 4.60. The maximum atomic E-state index is 9.54. The first-order valence-electron chi connectivity index (χ1n) is 5.40. The molecule has 0 radical (unpaired) electrons. The highest BCUT2D eigenvalue weighted by atomic mass is 35.5. The van der Waals surface area contributed by atoms with Gasteiger partial charge in [-0.1, -0.05) is 23.7 Å². The third-order valence-corrected chi connectivity index (χ3v) is 3.11. The molecule has 1 aromatic carbocycles. The molecule has 2 N–H and O–H groups in total. The van der Waals surface area contributed by atoms with Crippen LogP contribution in [0.3, 0.4) is 0 Å². The molecule has 2 rings (SSSR count). The van der Waals surface area contributed by atoms with Gasteiger partial charge in [-0.05, 0) is 43.5 Å². The first-order valence-corrected chi connectivity index (χ1v) is 5.78. The van der Waals surface area contributed by atoms with Crippen LogP contribution in [0.4, 0.5) is 0 Å². The minimum atomic E-state index is -0.136. The lowest BCUT2D eigenvalue weighted by atomic mass is 9.96. The zero-order valence-corrected chi connectivity index (χ0v) is 9.37. The van der Waals surface area contributed by atoms with Crippen molar-refractivity contribution in [2.75, 3.05) is 6.54 Å². The van der Waals surface area contributed by atoms with E-state index < -0.39 is 0 Å². The Balaban J connectivity index is 1.93. The minimum absolute atomic E-state index is 0.136. The Morgan fingerprint density at radius 1 is 1.33 bits per heavy atom. The fraction of sp³-hybridized carbons (Fsp3) is 0.500. The summed E-state index contributed by atoms with van der Waals surface area (Å²) in [6.45, 7) is 0.916. The van der Waals surface area contributed by atoms with Gasteiger partial charge in [-0.25, -0.2) is 0 Å². The van der Waals surface area contributed by atoms with E-state index in [0.29, 0.717) is 6.04 Å². The highest BCUT2D eigenvalue weighted by Gasteiger charge is 2.19. The minimum Gasteiger partial charge on any atom is -0.393 e. The largest absolute Gasteiger partial charge is 0.393 e. The summed E-state index contributed by atoms with van der Waals surface area (Å²) in [6.07, 6.45) is 2.55. The molecule has 1 heterocycles. The molecule has 15 heavy (non-hydrogen) atoms. The highest BCUT2D eigenvalue weighted by molar-refractivity contribution is 6.30. The summed E-state index contributed by atoms with van der Waals surface area (Å²) in [4.78, 5) is 0. The summed E-state index contributed by atoms with van der Waals surface area (Å²) in [5.74, 6) is 0. The number of rotatable bonds is 2. The van der Waals surface area contributed by atoms with E-state index in [1.807, 2.05) is 24.3 Å². The lowest BCUT2D eigenvalue weighted by molar-refractivity contribution is 0.116. The van der Waals surface area contributed by atoms with Crippen LogP contribution >= 0.6 is 11.6 Å². The summed E-state index contributed by atoms with van der Waals surface area (Å²) < 4.78 is 0. The number of benzene rings is 1. The molecule has 1 aromatic rings. The molecule has 0 bridgehead atoms. The molecule has 1 fully saturated rings. The number of halogens is 1. The number of hydrogen-bond donors (Lipinski definition) is 2. The van der Waals surface area contributed by atoms with Crippen molar-refractivity contribution >= 4 is 11.6 Å². The number of hydrogen-bond acceptors (Lipinski definition) is 2. The zero-order valence-electron chi connectivity index (χ0n) is 8.62. The maximum absolute atomic E-state index is 9.54. The molecule has 0 unspecified atom stereocenters. The van der Waals surface area contributed by atoms with Crippen LogP contribution in [0.1, 0.15) is 18.4 Å². The van der Waals surface area contributed by atoms with Crippen molar-refractivity contribution in [3.05, 3.63) is 34.9 Å². The molecule has 1 aliphatic rings. The van der Waals surface area contributed by atoms with Gasteiger partial charge in [0.2, 0.25) is 0 Å². The maximum Gasteiger partial charge on any atom is 0.0567 e. The second kappa shape index (κ2) is 4.97. The average molecular weight is 226 g/mol. The summed E-state index contributed by atoms with van der Waals surface area (Å²) in [5.41, 5.74) is 1.27. The number of aliphatic hydroxyl groups is 1. The molecule has 1 saturated heterocycles. The SMILES string of the molecule is O[C@H]1CCN[C@@H](Cc2ccc(Cl)cc2)C1. The smallest absolute Gasteiger partial charge is 0.0567 e. The second-order valence-electron chi connectivity index (χ2n) is 4.16. The van der Waals surface area contributed by atoms with Gasteiger partial charge in [-0.2, -0.15) is 0 Å². The Hall–Kier alpha value is -0.570. The Morgan fingerprint density at radius 3 is 2.73 bits per heavy atom. The number of piperidine rings is 1. The van der Waals surface area contributed by atoms with E-state index in [1.54, 1.807) is 0 Å². The average Bonchev–Trinajstić information content (AvgIpc) is 2.22. The van der Waals surface area contributed by atoms with E-state index in [9.17, 15) is 5.11 Å². The van der Waals surface area contributed by atoms with Crippen LogP contribution in [-0.2, 0) is 6.42 Å². The third-order valence-electron chi connectivity index (χ3n) is 2.86. The van der Waals surface area contributed by atoms with Crippen LogP contribution in [0.25, 0.3) is 0 Å². The first kappa shape index (κ1) is 10.9. The molecule has 0 amide bonds. The van der Waals surface area contributed by atoms with Gasteiger partial charge >= 0.3 is 0 Å². The van der Waals surface area contributed by atoms with Crippen LogP contribution in [0.2, 0.25) is 5.02 Å². The standard InChI is InChI=1S/C12H16ClNO/c13-10-3-1-9(2-4-10)7-11-8-12(15)5-6-14-11/h1-4,11-12,14-15H,5-8H2/t11-,12-/m0/s1. The van der Waals surface area contributed by atoms with Gasteiger partial charge in [0.25, 0.3) is 0 Å². The van der Waals surface area contributed by atoms with Crippen molar-refractivity contribution in [3.8, 4) is 0 Å². The summed E-state index contributed by atoms with van der Waals surface area (Å²) in [5, 5.41) is 13.7. The molecule has 0 spiro atoms. The lowest BCUT2D eigenvalue weighted by Gasteiger charge is -2.27. The predicted molar refractivity (Wildman–Crippen MR) is 62.2 cm³/mol. The van der Waals surface area contributed by atoms with Crippen molar-refractivity contribution in [1.82, 2.24) is 5.32 Å². The third kappa shape index (κ3) is 3.20. The Labute approximate surface area is 95.3 Å². The Kier molecular flexibility index (Phi) is 3.62. The fourth-order valence-corrected chi connectivity index (χ4v) is 2.17. The van der Waals surface area contributed by atoms with Crippen molar-refractivity contribution in [2.45, 2.75) is 31.4 Å². The van der Waals surface area contributed by atoms with Gasteiger partial charge in [-0.15, -0.1) is 0 Å². The zero-order chi connectivity index (χ0) is 10.7. The van der Waals surface area contributed by atoms with Gasteiger partial charge < -0.3 is 10.4 Å². The normalized spacial score (nSPS) is 26.5. The van der Waals surface area contributed by atoms with E-state index in [-0.39, 0.29) is 6.10 Å². The topological polar surface area (TPSA) is 32.3 Å². The van der Waals surface area contributed by atoms with E-state index in [2.05, 4.69) is 5.32 Å². The van der Waals surface area contributed by atoms with E-state index in [1.165, 1.54) is 5.56 Å². The monoisotopic (exact) mass is 225 g/mol. The van der Waals surface area contributed by atoms with Crippen molar-refractivity contribution in [1.29, 1.82) is 0 Å². The highest BCUT2D eigenvalue weighted by Crippen LogP contribution is 2.15. The van der Waals surface area contributed by atoms with Crippen LogP contribution in [0.5, 0.6) is 0 Å². The molecule has 2 nitrogen and oxygen atoms in total. The first-order chi connectivity index (χ1) is 7.24. The summed E-state index contributed by atoms with van der Waals surface area (Å²) >= 11 is 5.82. The molecule has 2 atom stereocenters. The Morgan fingerprint density at radius 2 is 2.07 bits per heavy atom. The Bertz CT molecular complexity index is 312. The molecule has 82 valence electrons. The van der Waals surface area contributed by atoms with E-state index in [4.69, 9.17) is 11.6 Å². The lowest BCUT2D eigenvalue weighted by Crippen LogP contribution is -2.41. The van der Waals surface area contributed by atoms with Crippen LogP contribution in [0, 0.1) is 0 Å².